The quantitative estimate of drug-likeness (QED) is 0.663. The second-order valence-corrected chi connectivity index (χ2v) is 4.06. The van der Waals surface area contributed by atoms with Crippen LogP contribution in [0.3, 0.4) is 0 Å². The van der Waals surface area contributed by atoms with Crippen LogP contribution in [0.2, 0.25) is 0 Å². The predicted octanol–water partition coefficient (Wildman–Crippen LogP) is 3.36. The molecule has 0 fully saturated rings. The van der Waals surface area contributed by atoms with Crippen molar-refractivity contribution in [3.63, 3.8) is 0 Å². The SMILES string of the molecule is C/C=C\C(=C/C)SCC[C@H](O)CC. The van der Waals surface area contributed by atoms with Crippen molar-refractivity contribution in [2.45, 2.75) is 39.7 Å². The molecule has 0 amide bonds. The number of aliphatic hydroxyl groups excluding tert-OH is 1. The molecule has 0 aliphatic carbocycles. The van der Waals surface area contributed by atoms with Gasteiger partial charge in [-0.2, -0.15) is 0 Å². The molecule has 0 saturated heterocycles. The van der Waals surface area contributed by atoms with Gasteiger partial charge in [-0.05, 0) is 26.7 Å². The Labute approximate surface area is 85.9 Å². The third-order valence-electron chi connectivity index (χ3n) is 1.81. The minimum atomic E-state index is -0.129. The van der Waals surface area contributed by atoms with E-state index in [4.69, 9.17) is 0 Å². The van der Waals surface area contributed by atoms with Gasteiger partial charge in [0.1, 0.15) is 0 Å². The molecule has 13 heavy (non-hydrogen) atoms. The molecule has 0 heterocycles. The van der Waals surface area contributed by atoms with E-state index in [9.17, 15) is 5.11 Å². The minimum absolute atomic E-state index is 0.129. The van der Waals surface area contributed by atoms with Crippen molar-refractivity contribution >= 4 is 11.8 Å². The van der Waals surface area contributed by atoms with Gasteiger partial charge in [-0.3, -0.25) is 0 Å². The van der Waals surface area contributed by atoms with Crippen LogP contribution in [0.5, 0.6) is 0 Å². The maximum absolute atomic E-state index is 9.32. The van der Waals surface area contributed by atoms with E-state index in [2.05, 4.69) is 12.2 Å². The Morgan fingerprint density at radius 2 is 2.15 bits per heavy atom. The lowest BCUT2D eigenvalue weighted by Gasteiger charge is -2.06. The molecular weight excluding hydrogens is 180 g/mol. The molecule has 0 rings (SSSR count). The minimum Gasteiger partial charge on any atom is -0.393 e. The molecule has 0 radical (unpaired) electrons. The van der Waals surface area contributed by atoms with Gasteiger partial charge in [-0.25, -0.2) is 0 Å². The zero-order valence-electron chi connectivity index (χ0n) is 8.79. The van der Waals surface area contributed by atoms with E-state index in [0.717, 1.165) is 18.6 Å². The van der Waals surface area contributed by atoms with Crippen molar-refractivity contribution < 1.29 is 5.11 Å². The predicted molar refractivity (Wildman–Crippen MR) is 61.9 cm³/mol. The van der Waals surface area contributed by atoms with Gasteiger partial charge in [-0.1, -0.05) is 25.2 Å². The normalized spacial score (nSPS) is 15.2. The van der Waals surface area contributed by atoms with Crippen molar-refractivity contribution in [2.24, 2.45) is 0 Å². The van der Waals surface area contributed by atoms with Crippen molar-refractivity contribution in [3.05, 3.63) is 23.1 Å². The maximum atomic E-state index is 9.32. The first-order valence-corrected chi connectivity index (χ1v) is 5.83. The Balaban J connectivity index is 3.62. The zero-order valence-corrected chi connectivity index (χ0v) is 9.60. The molecule has 0 aromatic carbocycles. The van der Waals surface area contributed by atoms with Gasteiger partial charge in [0.15, 0.2) is 0 Å². The number of aliphatic hydroxyl groups is 1. The van der Waals surface area contributed by atoms with Crippen LogP contribution in [-0.2, 0) is 0 Å². The Morgan fingerprint density at radius 3 is 2.62 bits per heavy atom. The summed E-state index contributed by atoms with van der Waals surface area (Å²) < 4.78 is 0. The molecule has 0 bridgehead atoms. The first-order chi connectivity index (χ1) is 6.24. The smallest absolute Gasteiger partial charge is 0.0545 e. The number of rotatable bonds is 6. The molecular formula is C11H20OS. The summed E-state index contributed by atoms with van der Waals surface area (Å²) in [6.07, 6.45) is 7.85. The van der Waals surface area contributed by atoms with Crippen LogP contribution >= 0.6 is 11.8 Å². The molecule has 0 aromatic heterocycles. The second kappa shape index (κ2) is 8.39. The summed E-state index contributed by atoms with van der Waals surface area (Å²) in [5.74, 6) is 0.999. The fourth-order valence-corrected chi connectivity index (χ4v) is 1.93. The number of allylic oxidation sites excluding steroid dienone is 3. The topological polar surface area (TPSA) is 20.2 Å². The van der Waals surface area contributed by atoms with Crippen LogP contribution in [0.15, 0.2) is 23.1 Å². The van der Waals surface area contributed by atoms with Gasteiger partial charge in [0.05, 0.1) is 6.10 Å². The van der Waals surface area contributed by atoms with Gasteiger partial charge in [0.2, 0.25) is 0 Å². The third kappa shape index (κ3) is 6.91. The molecule has 1 nitrogen and oxygen atoms in total. The summed E-state index contributed by atoms with van der Waals surface area (Å²) in [4.78, 5) is 1.28. The van der Waals surface area contributed by atoms with Crippen molar-refractivity contribution in [2.75, 3.05) is 5.75 Å². The van der Waals surface area contributed by atoms with Gasteiger partial charge in [0, 0.05) is 10.7 Å². The summed E-state index contributed by atoms with van der Waals surface area (Å²) in [6.45, 7) is 6.07. The average Bonchev–Trinajstić information content (AvgIpc) is 2.16. The summed E-state index contributed by atoms with van der Waals surface area (Å²) >= 11 is 1.80. The Hall–Kier alpha value is -0.210. The molecule has 0 aliphatic rings. The van der Waals surface area contributed by atoms with E-state index < -0.39 is 0 Å². The van der Waals surface area contributed by atoms with Crippen molar-refractivity contribution in [1.82, 2.24) is 0 Å². The molecule has 0 aliphatic heterocycles. The molecule has 0 unspecified atom stereocenters. The molecule has 0 spiro atoms. The van der Waals surface area contributed by atoms with E-state index in [1.807, 2.05) is 26.8 Å². The van der Waals surface area contributed by atoms with Crippen LogP contribution in [0, 0.1) is 0 Å². The number of hydrogen-bond donors (Lipinski definition) is 1. The lowest BCUT2D eigenvalue weighted by Crippen LogP contribution is -2.04. The van der Waals surface area contributed by atoms with Gasteiger partial charge >= 0.3 is 0 Å². The fraction of sp³-hybridized carbons (Fsp3) is 0.636. The first-order valence-electron chi connectivity index (χ1n) is 4.84. The summed E-state index contributed by atoms with van der Waals surface area (Å²) in [5, 5.41) is 9.32. The molecule has 1 N–H and O–H groups in total. The average molecular weight is 200 g/mol. The van der Waals surface area contributed by atoms with E-state index in [1.165, 1.54) is 4.91 Å². The van der Waals surface area contributed by atoms with Crippen LogP contribution in [0.4, 0.5) is 0 Å². The highest BCUT2D eigenvalue weighted by Gasteiger charge is 2.00. The molecule has 0 saturated carbocycles. The third-order valence-corrected chi connectivity index (χ3v) is 2.95. The molecule has 1 atom stereocenters. The van der Waals surface area contributed by atoms with Gasteiger partial charge < -0.3 is 5.11 Å². The highest BCUT2D eigenvalue weighted by molar-refractivity contribution is 8.03. The van der Waals surface area contributed by atoms with Crippen LogP contribution in [0.25, 0.3) is 0 Å². The van der Waals surface area contributed by atoms with Crippen LogP contribution in [0.1, 0.15) is 33.6 Å². The summed E-state index contributed by atoms with van der Waals surface area (Å²) in [7, 11) is 0. The van der Waals surface area contributed by atoms with E-state index in [1.54, 1.807) is 11.8 Å². The monoisotopic (exact) mass is 200 g/mol. The van der Waals surface area contributed by atoms with Gasteiger partial charge in [-0.15, -0.1) is 11.8 Å². The van der Waals surface area contributed by atoms with Crippen LogP contribution < -0.4 is 0 Å². The zero-order chi connectivity index (χ0) is 10.1. The van der Waals surface area contributed by atoms with E-state index in [-0.39, 0.29) is 6.10 Å². The molecule has 76 valence electrons. The number of hydrogen-bond acceptors (Lipinski definition) is 2. The van der Waals surface area contributed by atoms with E-state index in [0.29, 0.717) is 0 Å². The number of thioether (sulfide) groups is 1. The Morgan fingerprint density at radius 1 is 1.46 bits per heavy atom. The standard InChI is InChI=1S/C11H20OS/c1-4-7-11(6-3)13-9-8-10(12)5-2/h4,6-7,10,12H,5,8-9H2,1-3H3/b7-4-,11-6+/t10-/m1/s1. The lowest BCUT2D eigenvalue weighted by atomic mass is 10.2. The Kier molecular flexibility index (Phi) is 8.26. The van der Waals surface area contributed by atoms with E-state index >= 15 is 0 Å². The largest absolute Gasteiger partial charge is 0.393 e. The van der Waals surface area contributed by atoms with Crippen LogP contribution in [-0.4, -0.2) is 17.0 Å². The summed E-state index contributed by atoms with van der Waals surface area (Å²) in [5.41, 5.74) is 0. The first kappa shape index (κ1) is 12.8. The summed E-state index contributed by atoms with van der Waals surface area (Å²) in [6, 6.07) is 0. The molecule has 0 aromatic rings. The van der Waals surface area contributed by atoms with Crippen molar-refractivity contribution in [3.8, 4) is 0 Å². The van der Waals surface area contributed by atoms with Gasteiger partial charge in [0.25, 0.3) is 0 Å². The molecule has 2 heteroatoms. The van der Waals surface area contributed by atoms with Crippen molar-refractivity contribution in [1.29, 1.82) is 0 Å². The fourth-order valence-electron chi connectivity index (χ4n) is 0.909. The Bertz CT molecular complexity index is 173. The highest BCUT2D eigenvalue weighted by Crippen LogP contribution is 2.18. The lowest BCUT2D eigenvalue weighted by molar-refractivity contribution is 0.167. The maximum Gasteiger partial charge on any atom is 0.0545 e. The second-order valence-electron chi connectivity index (χ2n) is 2.89. The highest BCUT2D eigenvalue weighted by atomic mass is 32.2.